The van der Waals surface area contributed by atoms with Crippen molar-refractivity contribution in [1.29, 1.82) is 0 Å². The predicted molar refractivity (Wildman–Crippen MR) is 96.4 cm³/mol. The SMILES string of the molecule is Cc1ccc(NCc2ccccc2)c(NC(=O)C(N)C(C)C)c1. The van der Waals surface area contributed by atoms with Gasteiger partial charge in [0.25, 0.3) is 0 Å². The first-order valence-corrected chi connectivity index (χ1v) is 7.92. The Morgan fingerprint density at radius 3 is 2.43 bits per heavy atom. The summed E-state index contributed by atoms with van der Waals surface area (Å²) in [4.78, 5) is 12.2. The second-order valence-electron chi connectivity index (χ2n) is 6.15. The normalized spacial score (nSPS) is 12.0. The monoisotopic (exact) mass is 311 g/mol. The minimum atomic E-state index is -0.516. The fraction of sp³-hybridized carbons (Fsp3) is 0.316. The van der Waals surface area contributed by atoms with Gasteiger partial charge in [0.1, 0.15) is 0 Å². The third-order valence-electron chi connectivity index (χ3n) is 3.78. The summed E-state index contributed by atoms with van der Waals surface area (Å²) >= 11 is 0. The lowest BCUT2D eigenvalue weighted by Crippen LogP contribution is -2.39. The molecule has 0 aliphatic rings. The van der Waals surface area contributed by atoms with Gasteiger partial charge in [0.2, 0.25) is 5.91 Å². The highest BCUT2D eigenvalue weighted by Gasteiger charge is 2.18. The molecule has 4 nitrogen and oxygen atoms in total. The van der Waals surface area contributed by atoms with Crippen molar-refractivity contribution < 1.29 is 4.79 Å². The number of hydrogen-bond acceptors (Lipinski definition) is 3. The van der Waals surface area contributed by atoms with Crippen molar-refractivity contribution in [3.8, 4) is 0 Å². The first-order chi connectivity index (χ1) is 11.0. The Labute approximate surface area is 138 Å². The number of rotatable bonds is 6. The molecule has 0 saturated heterocycles. The maximum atomic E-state index is 12.2. The first kappa shape index (κ1) is 17.0. The fourth-order valence-corrected chi connectivity index (χ4v) is 2.23. The van der Waals surface area contributed by atoms with Crippen molar-refractivity contribution in [2.24, 2.45) is 11.7 Å². The molecule has 1 amide bonds. The summed E-state index contributed by atoms with van der Waals surface area (Å²) in [6.07, 6.45) is 0. The molecule has 4 N–H and O–H groups in total. The summed E-state index contributed by atoms with van der Waals surface area (Å²) < 4.78 is 0. The van der Waals surface area contributed by atoms with Crippen LogP contribution in [0.1, 0.15) is 25.0 Å². The molecule has 2 rings (SSSR count). The number of nitrogens with two attached hydrogens (primary N) is 1. The molecule has 0 fully saturated rings. The predicted octanol–water partition coefficient (Wildman–Crippen LogP) is 3.53. The van der Waals surface area contributed by atoms with Gasteiger partial charge in [-0.1, -0.05) is 50.2 Å². The van der Waals surface area contributed by atoms with Crippen molar-refractivity contribution in [1.82, 2.24) is 0 Å². The van der Waals surface area contributed by atoms with Gasteiger partial charge in [0.15, 0.2) is 0 Å². The van der Waals surface area contributed by atoms with Crippen LogP contribution in [-0.4, -0.2) is 11.9 Å². The Bertz CT molecular complexity index is 653. The van der Waals surface area contributed by atoms with Crippen LogP contribution in [0.25, 0.3) is 0 Å². The molecule has 0 aliphatic carbocycles. The van der Waals surface area contributed by atoms with Gasteiger partial charge in [-0.3, -0.25) is 4.79 Å². The van der Waals surface area contributed by atoms with Crippen LogP contribution in [0.15, 0.2) is 48.5 Å². The van der Waals surface area contributed by atoms with Gasteiger partial charge in [-0.2, -0.15) is 0 Å². The lowest BCUT2D eigenvalue weighted by molar-refractivity contribution is -0.118. The van der Waals surface area contributed by atoms with Crippen LogP contribution in [0.5, 0.6) is 0 Å². The van der Waals surface area contributed by atoms with Crippen LogP contribution in [0.2, 0.25) is 0 Å². The molecular formula is C19H25N3O. The quantitative estimate of drug-likeness (QED) is 0.764. The van der Waals surface area contributed by atoms with Gasteiger partial charge >= 0.3 is 0 Å². The van der Waals surface area contributed by atoms with E-state index in [1.807, 2.05) is 57.2 Å². The number of aryl methyl sites for hydroxylation is 1. The van der Waals surface area contributed by atoms with E-state index in [4.69, 9.17) is 5.73 Å². The fourth-order valence-electron chi connectivity index (χ4n) is 2.23. The third kappa shape index (κ3) is 4.83. The second-order valence-corrected chi connectivity index (χ2v) is 6.15. The molecule has 0 spiro atoms. The summed E-state index contributed by atoms with van der Waals surface area (Å²) in [5.74, 6) is -0.0612. The molecule has 0 radical (unpaired) electrons. The maximum absolute atomic E-state index is 12.2. The Balaban J connectivity index is 2.12. The highest BCUT2D eigenvalue weighted by molar-refractivity contribution is 5.97. The van der Waals surface area contributed by atoms with E-state index in [1.54, 1.807) is 0 Å². The number of carbonyl (C=O) groups is 1. The summed E-state index contributed by atoms with van der Waals surface area (Å²) in [7, 11) is 0. The van der Waals surface area contributed by atoms with E-state index in [0.29, 0.717) is 6.54 Å². The first-order valence-electron chi connectivity index (χ1n) is 7.92. The minimum absolute atomic E-state index is 0.0977. The lowest BCUT2D eigenvalue weighted by Gasteiger charge is -2.18. The molecule has 1 unspecified atom stereocenters. The molecule has 4 heteroatoms. The number of hydrogen-bond donors (Lipinski definition) is 3. The molecule has 0 saturated carbocycles. The molecule has 0 bridgehead atoms. The summed E-state index contributed by atoms with van der Waals surface area (Å²) in [5.41, 5.74) is 9.86. The average molecular weight is 311 g/mol. The Kier molecular flexibility index (Phi) is 5.77. The second kappa shape index (κ2) is 7.79. The van der Waals surface area contributed by atoms with Gasteiger partial charge in [-0.25, -0.2) is 0 Å². The topological polar surface area (TPSA) is 67.1 Å². The van der Waals surface area contributed by atoms with E-state index < -0.39 is 6.04 Å². The van der Waals surface area contributed by atoms with Crippen molar-refractivity contribution >= 4 is 17.3 Å². The lowest BCUT2D eigenvalue weighted by atomic mass is 10.0. The molecular weight excluding hydrogens is 286 g/mol. The Hall–Kier alpha value is -2.33. The number of nitrogens with one attached hydrogen (secondary N) is 2. The van der Waals surface area contributed by atoms with Gasteiger partial charge in [-0.05, 0) is 36.1 Å². The van der Waals surface area contributed by atoms with Crippen molar-refractivity contribution in [3.05, 3.63) is 59.7 Å². The molecule has 23 heavy (non-hydrogen) atoms. The van der Waals surface area contributed by atoms with Crippen LogP contribution >= 0.6 is 0 Å². The maximum Gasteiger partial charge on any atom is 0.241 e. The Morgan fingerprint density at radius 1 is 1.09 bits per heavy atom. The molecule has 2 aromatic carbocycles. The van der Waals surface area contributed by atoms with Gasteiger partial charge in [-0.15, -0.1) is 0 Å². The van der Waals surface area contributed by atoms with Gasteiger partial charge in [0.05, 0.1) is 17.4 Å². The minimum Gasteiger partial charge on any atom is -0.379 e. The van der Waals surface area contributed by atoms with Crippen LogP contribution in [0.4, 0.5) is 11.4 Å². The number of anilines is 2. The van der Waals surface area contributed by atoms with E-state index in [1.165, 1.54) is 5.56 Å². The van der Waals surface area contributed by atoms with E-state index >= 15 is 0 Å². The Morgan fingerprint density at radius 2 is 1.78 bits per heavy atom. The molecule has 2 aromatic rings. The van der Waals surface area contributed by atoms with Crippen LogP contribution in [0.3, 0.4) is 0 Å². The van der Waals surface area contributed by atoms with Crippen molar-refractivity contribution in [2.75, 3.05) is 10.6 Å². The molecule has 0 aromatic heterocycles. The van der Waals surface area contributed by atoms with Crippen LogP contribution in [-0.2, 0) is 11.3 Å². The highest BCUT2D eigenvalue weighted by Crippen LogP contribution is 2.24. The highest BCUT2D eigenvalue weighted by atomic mass is 16.2. The third-order valence-corrected chi connectivity index (χ3v) is 3.78. The van der Waals surface area contributed by atoms with Crippen molar-refractivity contribution in [3.63, 3.8) is 0 Å². The number of benzene rings is 2. The molecule has 122 valence electrons. The largest absolute Gasteiger partial charge is 0.379 e. The summed E-state index contributed by atoms with van der Waals surface area (Å²) in [5, 5.41) is 6.32. The van der Waals surface area contributed by atoms with Gasteiger partial charge in [0, 0.05) is 6.54 Å². The van der Waals surface area contributed by atoms with E-state index in [-0.39, 0.29) is 11.8 Å². The zero-order chi connectivity index (χ0) is 16.8. The zero-order valence-corrected chi connectivity index (χ0v) is 14.0. The summed E-state index contributed by atoms with van der Waals surface area (Å²) in [6, 6.07) is 15.6. The zero-order valence-electron chi connectivity index (χ0n) is 14.0. The van der Waals surface area contributed by atoms with E-state index in [0.717, 1.165) is 16.9 Å². The van der Waals surface area contributed by atoms with Crippen LogP contribution < -0.4 is 16.4 Å². The van der Waals surface area contributed by atoms with Gasteiger partial charge < -0.3 is 16.4 Å². The average Bonchev–Trinajstić information content (AvgIpc) is 2.54. The van der Waals surface area contributed by atoms with Crippen molar-refractivity contribution in [2.45, 2.75) is 33.4 Å². The molecule has 0 heterocycles. The molecule has 1 atom stereocenters. The summed E-state index contributed by atoms with van der Waals surface area (Å²) in [6.45, 7) is 6.58. The number of carbonyl (C=O) groups excluding carboxylic acids is 1. The molecule has 0 aliphatic heterocycles. The van der Waals surface area contributed by atoms with E-state index in [2.05, 4.69) is 22.8 Å². The van der Waals surface area contributed by atoms with Crippen LogP contribution in [0, 0.1) is 12.8 Å². The standard InChI is InChI=1S/C19H25N3O/c1-13(2)18(20)19(23)22-17-11-14(3)9-10-16(17)21-12-15-7-5-4-6-8-15/h4-11,13,18,21H,12,20H2,1-3H3,(H,22,23). The number of amides is 1. The smallest absolute Gasteiger partial charge is 0.241 e. The van der Waals surface area contributed by atoms with E-state index in [9.17, 15) is 4.79 Å².